The quantitative estimate of drug-likeness (QED) is 0.513. The highest BCUT2D eigenvalue weighted by Gasteiger charge is 2.15. The Morgan fingerprint density at radius 1 is 1.03 bits per heavy atom. The number of anilines is 1. The van der Waals surface area contributed by atoms with Crippen LogP contribution in [0.4, 0.5) is 5.82 Å². The molecule has 1 aromatic carbocycles. The molecule has 1 amide bonds. The Labute approximate surface area is 178 Å². The normalized spacial score (nSPS) is 14.5. The Kier molecular flexibility index (Phi) is 5.28. The van der Waals surface area contributed by atoms with Crippen LogP contribution in [-0.4, -0.2) is 40.1 Å². The van der Waals surface area contributed by atoms with Gasteiger partial charge in [0.2, 0.25) is 0 Å². The molecule has 31 heavy (non-hydrogen) atoms. The van der Waals surface area contributed by atoms with Crippen molar-refractivity contribution >= 4 is 22.5 Å². The number of nitrogens with one attached hydrogen (secondary N) is 2. The molecule has 1 aliphatic rings. The van der Waals surface area contributed by atoms with Crippen LogP contribution in [0.15, 0.2) is 65.8 Å². The lowest BCUT2D eigenvalue weighted by Crippen LogP contribution is -2.34. The van der Waals surface area contributed by atoms with E-state index in [4.69, 9.17) is 9.15 Å². The zero-order valence-corrected chi connectivity index (χ0v) is 16.7. The van der Waals surface area contributed by atoms with E-state index in [2.05, 4.69) is 25.6 Å². The molecule has 2 N–H and O–H groups in total. The molecule has 0 atom stereocenters. The number of hydrogen-bond acceptors (Lipinski definition) is 7. The van der Waals surface area contributed by atoms with Crippen LogP contribution in [0.3, 0.4) is 0 Å². The molecule has 4 heterocycles. The first-order valence-corrected chi connectivity index (χ1v) is 10.2. The van der Waals surface area contributed by atoms with Gasteiger partial charge in [0.15, 0.2) is 12.2 Å². The number of pyridine rings is 2. The van der Waals surface area contributed by atoms with Crippen LogP contribution in [0.1, 0.15) is 23.2 Å². The zero-order chi connectivity index (χ0) is 21.0. The molecule has 1 fully saturated rings. The highest BCUT2D eigenvalue weighted by atomic mass is 16.5. The summed E-state index contributed by atoms with van der Waals surface area (Å²) in [6.45, 7) is 1.94. The summed E-state index contributed by atoms with van der Waals surface area (Å²) in [6, 6.07) is 10.9. The number of hydrogen-bond donors (Lipinski definition) is 2. The number of ether oxygens (including phenoxy) is 1. The number of rotatable bonds is 5. The smallest absolute Gasteiger partial charge is 0.256 e. The standard InChI is InChI=1S/C23H21N5O3/c29-23(15-1-3-18(4-2-15)31-19-5-7-24-8-6-19)28-22-10-16-9-20(21-13-25-14-30-21)26-11-17(16)12-27-22/h1-4,9-14,19,24H,5-8H2,(H,27,28,29). The summed E-state index contributed by atoms with van der Waals surface area (Å²) >= 11 is 0. The second-order valence-electron chi connectivity index (χ2n) is 7.40. The van der Waals surface area contributed by atoms with Gasteiger partial charge < -0.3 is 19.8 Å². The third-order valence-corrected chi connectivity index (χ3v) is 5.24. The van der Waals surface area contributed by atoms with Crippen molar-refractivity contribution in [2.75, 3.05) is 18.4 Å². The van der Waals surface area contributed by atoms with Gasteiger partial charge in [-0.1, -0.05) is 0 Å². The van der Waals surface area contributed by atoms with Crippen molar-refractivity contribution in [1.29, 1.82) is 0 Å². The Morgan fingerprint density at radius 2 is 1.84 bits per heavy atom. The number of fused-ring (bicyclic) bond motifs is 1. The number of amides is 1. The molecule has 4 aromatic rings. The van der Waals surface area contributed by atoms with E-state index in [9.17, 15) is 4.79 Å². The van der Waals surface area contributed by atoms with Crippen molar-refractivity contribution in [2.45, 2.75) is 18.9 Å². The van der Waals surface area contributed by atoms with Crippen molar-refractivity contribution in [2.24, 2.45) is 0 Å². The Morgan fingerprint density at radius 3 is 2.61 bits per heavy atom. The third kappa shape index (κ3) is 4.39. The number of aromatic nitrogens is 3. The van der Waals surface area contributed by atoms with Crippen molar-refractivity contribution < 1.29 is 13.9 Å². The largest absolute Gasteiger partial charge is 0.490 e. The average molecular weight is 415 g/mol. The summed E-state index contributed by atoms with van der Waals surface area (Å²) in [5.74, 6) is 1.59. The summed E-state index contributed by atoms with van der Waals surface area (Å²) in [6.07, 6.45) is 8.57. The van der Waals surface area contributed by atoms with E-state index in [-0.39, 0.29) is 12.0 Å². The summed E-state index contributed by atoms with van der Waals surface area (Å²) in [4.78, 5) is 25.3. The molecule has 3 aromatic heterocycles. The lowest BCUT2D eigenvalue weighted by Gasteiger charge is -2.23. The van der Waals surface area contributed by atoms with Gasteiger partial charge in [0.05, 0.1) is 6.20 Å². The van der Waals surface area contributed by atoms with Crippen LogP contribution in [-0.2, 0) is 0 Å². The first-order valence-electron chi connectivity index (χ1n) is 10.2. The summed E-state index contributed by atoms with van der Waals surface area (Å²) in [7, 11) is 0. The van der Waals surface area contributed by atoms with Gasteiger partial charge in [-0.3, -0.25) is 9.78 Å². The van der Waals surface area contributed by atoms with E-state index in [0.29, 0.717) is 22.8 Å². The van der Waals surface area contributed by atoms with E-state index in [1.807, 2.05) is 24.3 Å². The minimum Gasteiger partial charge on any atom is -0.490 e. The maximum absolute atomic E-state index is 12.7. The fourth-order valence-corrected chi connectivity index (χ4v) is 3.56. The number of carbonyl (C=O) groups is 1. The number of piperidine rings is 1. The monoisotopic (exact) mass is 415 g/mol. The van der Waals surface area contributed by atoms with E-state index in [0.717, 1.165) is 42.5 Å². The van der Waals surface area contributed by atoms with E-state index < -0.39 is 0 Å². The summed E-state index contributed by atoms with van der Waals surface area (Å²) in [5.41, 5.74) is 1.20. The van der Waals surface area contributed by atoms with Gasteiger partial charge in [-0.25, -0.2) is 9.97 Å². The summed E-state index contributed by atoms with van der Waals surface area (Å²) < 4.78 is 11.3. The predicted molar refractivity (Wildman–Crippen MR) is 116 cm³/mol. The molecular weight excluding hydrogens is 394 g/mol. The minimum atomic E-state index is -0.232. The van der Waals surface area contributed by atoms with Gasteiger partial charge in [-0.05, 0) is 67.7 Å². The van der Waals surface area contributed by atoms with Gasteiger partial charge in [-0.15, -0.1) is 0 Å². The third-order valence-electron chi connectivity index (χ3n) is 5.24. The fraction of sp³-hybridized carbons (Fsp3) is 0.217. The molecule has 8 nitrogen and oxygen atoms in total. The molecule has 8 heteroatoms. The van der Waals surface area contributed by atoms with Crippen molar-refractivity contribution in [3.63, 3.8) is 0 Å². The topological polar surface area (TPSA) is 102 Å². The first-order chi connectivity index (χ1) is 15.2. The van der Waals surface area contributed by atoms with Crippen molar-refractivity contribution in [1.82, 2.24) is 20.3 Å². The molecule has 0 bridgehead atoms. The Balaban J connectivity index is 1.29. The van der Waals surface area contributed by atoms with Gasteiger partial charge in [0.25, 0.3) is 5.91 Å². The van der Waals surface area contributed by atoms with Gasteiger partial charge in [0.1, 0.15) is 23.4 Å². The van der Waals surface area contributed by atoms with Crippen molar-refractivity contribution in [3.05, 3.63) is 66.9 Å². The number of nitrogens with zero attached hydrogens (tertiary/aromatic N) is 3. The van der Waals surface area contributed by atoms with Gasteiger partial charge in [0, 0.05) is 23.3 Å². The molecule has 0 spiro atoms. The Bertz CT molecular complexity index is 1190. The second kappa shape index (κ2) is 8.53. The van der Waals surface area contributed by atoms with E-state index in [1.165, 1.54) is 6.39 Å². The SMILES string of the molecule is O=C(Nc1cc2cc(-c3cnco3)ncc2cn1)c1ccc(OC2CCNCC2)cc1. The van der Waals surface area contributed by atoms with Crippen LogP contribution in [0, 0.1) is 0 Å². The highest BCUT2D eigenvalue weighted by Crippen LogP contribution is 2.23. The molecule has 0 aliphatic carbocycles. The van der Waals surface area contributed by atoms with Crippen LogP contribution in [0.5, 0.6) is 5.75 Å². The molecule has 156 valence electrons. The van der Waals surface area contributed by atoms with Crippen molar-refractivity contribution in [3.8, 4) is 17.2 Å². The van der Waals surface area contributed by atoms with Crippen LogP contribution < -0.4 is 15.4 Å². The molecule has 0 unspecified atom stereocenters. The highest BCUT2D eigenvalue weighted by molar-refractivity contribution is 6.04. The van der Waals surface area contributed by atoms with Crippen LogP contribution >= 0.6 is 0 Å². The molecule has 0 radical (unpaired) electrons. The van der Waals surface area contributed by atoms with E-state index in [1.54, 1.807) is 30.7 Å². The predicted octanol–water partition coefficient (Wildman–Crippen LogP) is 3.67. The molecule has 1 aliphatic heterocycles. The maximum atomic E-state index is 12.7. The summed E-state index contributed by atoms with van der Waals surface area (Å²) in [5, 5.41) is 7.92. The lowest BCUT2D eigenvalue weighted by atomic mass is 10.1. The zero-order valence-electron chi connectivity index (χ0n) is 16.7. The minimum absolute atomic E-state index is 0.221. The number of carbonyl (C=O) groups excluding carboxylic acids is 1. The molecule has 5 rings (SSSR count). The second-order valence-corrected chi connectivity index (χ2v) is 7.40. The van der Waals surface area contributed by atoms with Gasteiger partial charge >= 0.3 is 0 Å². The Hall–Kier alpha value is -3.78. The number of oxazole rings is 1. The maximum Gasteiger partial charge on any atom is 0.256 e. The van der Waals surface area contributed by atoms with Gasteiger partial charge in [-0.2, -0.15) is 0 Å². The molecule has 0 saturated carbocycles. The molecular formula is C23H21N5O3. The number of benzene rings is 1. The lowest BCUT2D eigenvalue weighted by molar-refractivity contribution is 0.102. The van der Waals surface area contributed by atoms with Crippen LogP contribution in [0.2, 0.25) is 0 Å². The molecule has 1 saturated heterocycles. The van der Waals surface area contributed by atoms with Crippen LogP contribution in [0.25, 0.3) is 22.2 Å². The average Bonchev–Trinajstić information content (AvgIpc) is 3.35. The fourth-order valence-electron chi connectivity index (χ4n) is 3.56. The van der Waals surface area contributed by atoms with E-state index >= 15 is 0 Å². The first kappa shape index (κ1) is 19.2.